The third kappa shape index (κ3) is 4.54. The number of carbonyl (C=O) groups excluding carboxylic acids is 1. The molecule has 0 unspecified atom stereocenters. The van der Waals surface area contributed by atoms with Gasteiger partial charge in [0, 0.05) is 18.6 Å². The van der Waals surface area contributed by atoms with Crippen LogP contribution in [0.15, 0.2) is 35.9 Å². The van der Waals surface area contributed by atoms with Crippen LogP contribution in [-0.2, 0) is 14.6 Å². The van der Waals surface area contributed by atoms with Crippen molar-refractivity contribution in [3.63, 3.8) is 0 Å². The Kier molecular flexibility index (Phi) is 6.51. The van der Waals surface area contributed by atoms with Gasteiger partial charge in [-0.25, -0.2) is 32.7 Å². The smallest absolute Gasteiger partial charge is 0.456 e. The first kappa shape index (κ1) is 26.2. The topological polar surface area (TPSA) is 130 Å². The Labute approximate surface area is 204 Å². The van der Waals surface area contributed by atoms with Crippen molar-refractivity contribution in [1.29, 1.82) is 0 Å². The molecule has 0 radical (unpaired) electrons. The molecule has 0 aliphatic rings. The van der Waals surface area contributed by atoms with Gasteiger partial charge in [0.25, 0.3) is 0 Å². The number of alkyl halides is 5. The SMILES string of the molecule is CCOC(=O)c1ccnc2c(-c3ncc4c(OCC(F)(F)C(F)(F)F)nccn34)c(S(=O)(=O)CC)nn12. The molecule has 4 aromatic rings. The molecule has 0 bridgehead atoms. The molecule has 0 N–H and O–H groups in total. The maximum atomic E-state index is 13.4. The standard InChI is InChI=1S/C20H17F5N6O5S/c1-3-35-18(32)11-5-6-26-15-13(17(29-31(11)15)37(33,34)4-2)14-28-9-12-16(27-7-8-30(12)14)36-10-19(21,22)20(23,24)25/h5-9H,3-4,10H2,1-2H3. The molecule has 4 aromatic heterocycles. The van der Waals surface area contributed by atoms with Crippen LogP contribution in [-0.4, -0.2) is 74.4 Å². The average Bonchev–Trinajstić information content (AvgIpc) is 3.44. The Morgan fingerprint density at radius 2 is 1.81 bits per heavy atom. The van der Waals surface area contributed by atoms with Crippen LogP contribution in [0.2, 0.25) is 0 Å². The van der Waals surface area contributed by atoms with E-state index >= 15 is 0 Å². The van der Waals surface area contributed by atoms with Gasteiger partial charge in [0.15, 0.2) is 38.6 Å². The highest BCUT2D eigenvalue weighted by Gasteiger charge is 2.58. The van der Waals surface area contributed by atoms with Gasteiger partial charge in [-0.1, -0.05) is 6.92 Å². The van der Waals surface area contributed by atoms with Gasteiger partial charge in [0.05, 0.1) is 18.6 Å². The van der Waals surface area contributed by atoms with Gasteiger partial charge in [0.2, 0.25) is 5.88 Å². The van der Waals surface area contributed by atoms with Crippen molar-refractivity contribution >= 4 is 27.0 Å². The van der Waals surface area contributed by atoms with Crippen molar-refractivity contribution < 1.29 is 44.6 Å². The van der Waals surface area contributed by atoms with E-state index in [0.29, 0.717) is 0 Å². The number of ether oxygens (including phenoxy) is 2. The molecule has 0 amide bonds. The van der Waals surface area contributed by atoms with E-state index in [1.807, 2.05) is 0 Å². The summed E-state index contributed by atoms with van der Waals surface area (Å²) < 4.78 is 102. The van der Waals surface area contributed by atoms with E-state index in [1.54, 1.807) is 6.92 Å². The van der Waals surface area contributed by atoms with Crippen LogP contribution in [0.4, 0.5) is 22.0 Å². The monoisotopic (exact) mass is 548 g/mol. The molecule has 37 heavy (non-hydrogen) atoms. The lowest BCUT2D eigenvalue weighted by Gasteiger charge is -2.19. The Morgan fingerprint density at radius 1 is 1.08 bits per heavy atom. The minimum absolute atomic E-state index is 0.0327. The van der Waals surface area contributed by atoms with Crippen LogP contribution < -0.4 is 4.74 Å². The fourth-order valence-electron chi connectivity index (χ4n) is 3.28. The van der Waals surface area contributed by atoms with Crippen LogP contribution in [0.5, 0.6) is 5.88 Å². The quantitative estimate of drug-likeness (QED) is 0.241. The van der Waals surface area contributed by atoms with Crippen molar-refractivity contribution in [2.45, 2.75) is 31.0 Å². The van der Waals surface area contributed by atoms with E-state index in [4.69, 9.17) is 4.74 Å². The first-order chi connectivity index (χ1) is 17.3. The van der Waals surface area contributed by atoms with Gasteiger partial charge >= 0.3 is 18.1 Å². The predicted molar refractivity (Wildman–Crippen MR) is 115 cm³/mol. The fourth-order valence-corrected chi connectivity index (χ4v) is 4.25. The number of imidazole rings is 1. The molecule has 0 atom stereocenters. The van der Waals surface area contributed by atoms with E-state index in [-0.39, 0.29) is 40.6 Å². The zero-order chi connectivity index (χ0) is 27.2. The summed E-state index contributed by atoms with van der Waals surface area (Å²) in [6, 6.07) is 1.27. The lowest BCUT2D eigenvalue weighted by molar-refractivity contribution is -0.290. The molecule has 4 rings (SSSR count). The molecule has 17 heteroatoms. The second-order valence-electron chi connectivity index (χ2n) is 7.43. The predicted octanol–water partition coefficient (Wildman–Crippen LogP) is 2.99. The van der Waals surface area contributed by atoms with Crippen LogP contribution in [0.1, 0.15) is 24.3 Å². The first-order valence-corrected chi connectivity index (χ1v) is 12.1. The van der Waals surface area contributed by atoms with Crippen molar-refractivity contribution in [3.8, 4) is 17.3 Å². The Balaban J connectivity index is 1.91. The maximum absolute atomic E-state index is 13.4. The fraction of sp³-hybridized carbons (Fsp3) is 0.350. The summed E-state index contributed by atoms with van der Waals surface area (Å²) in [5.74, 6) is -7.07. The molecule has 0 aliphatic carbocycles. The number of carbonyl (C=O) groups is 1. The van der Waals surface area contributed by atoms with Crippen LogP contribution >= 0.6 is 0 Å². The largest absolute Gasteiger partial charge is 0.469 e. The second kappa shape index (κ2) is 9.20. The second-order valence-corrected chi connectivity index (χ2v) is 9.62. The van der Waals surface area contributed by atoms with Crippen molar-refractivity contribution in [1.82, 2.24) is 29.0 Å². The number of fused-ring (bicyclic) bond motifs is 2. The van der Waals surface area contributed by atoms with Gasteiger partial charge in [0.1, 0.15) is 11.1 Å². The molecule has 4 heterocycles. The van der Waals surface area contributed by atoms with Gasteiger partial charge in [-0.15, -0.1) is 0 Å². The number of nitrogens with zero attached hydrogens (tertiary/aromatic N) is 6. The van der Waals surface area contributed by atoms with Crippen molar-refractivity contribution in [3.05, 3.63) is 36.5 Å². The number of hydrogen-bond acceptors (Lipinski definition) is 9. The number of rotatable bonds is 8. The van der Waals surface area contributed by atoms with Gasteiger partial charge in [-0.2, -0.15) is 27.1 Å². The molecule has 0 aliphatic heterocycles. The molecule has 198 valence electrons. The van der Waals surface area contributed by atoms with Gasteiger partial charge < -0.3 is 9.47 Å². The van der Waals surface area contributed by atoms with Gasteiger partial charge in [-0.3, -0.25) is 4.40 Å². The molecule has 11 nitrogen and oxygen atoms in total. The van der Waals surface area contributed by atoms with Crippen LogP contribution in [0, 0.1) is 0 Å². The van der Waals surface area contributed by atoms with Crippen molar-refractivity contribution in [2.75, 3.05) is 19.0 Å². The summed E-state index contributed by atoms with van der Waals surface area (Å²) in [5, 5.41) is 3.59. The third-order valence-corrected chi connectivity index (χ3v) is 6.73. The first-order valence-electron chi connectivity index (χ1n) is 10.5. The zero-order valence-electron chi connectivity index (χ0n) is 19.0. The summed E-state index contributed by atoms with van der Waals surface area (Å²) in [6.45, 7) is 0.932. The Bertz CT molecular complexity index is 1600. The summed E-state index contributed by atoms with van der Waals surface area (Å²) in [7, 11) is -4.04. The minimum atomic E-state index is -5.84. The highest BCUT2D eigenvalue weighted by molar-refractivity contribution is 7.91. The maximum Gasteiger partial charge on any atom is 0.456 e. The lowest BCUT2D eigenvalue weighted by atomic mass is 10.3. The molecule has 0 fully saturated rings. The minimum Gasteiger partial charge on any atom is -0.469 e. The number of aromatic nitrogens is 6. The van der Waals surface area contributed by atoms with Crippen LogP contribution in [0.3, 0.4) is 0 Å². The highest BCUT2D eigenvalue weighted by atomic mass is 32.2. The number of halogens is 5. The summed E-state index contributed by atoms with van der Waals surface area (Å²) in [6.07, 6.45) is -1.28. The number of sulfone groups is 1. The molecule has 0 saturated carbocycles. The van der Waals surface area contributed by atoms with E-state index in [1.165, 1.54) is 29.8 Å². The number of esters is 1. The molecule has 0 saturated heterocycles. The third-order valence-electron chi connectivity index (χ3n) is 5.10. The van der Waals surface area contributed by atoms with Crippen LogP contribution in [0.25, 0.3) is 22.6 Å². The summed E-state index contributed by atoms with van der Waals surface area (Å²) in [5.41, 5.74) is -0.526. The normalized spacial score (nSPS) is 12.8. The molecular weight excluding hydrogens is 531 g/mol. The molecule has 0 spiro atoms. The Hall–Kier alpha value is -3.89. The van der Waals surface area contributed by atoms with E-state index in [2.05, 4.69) is 24.8 Å². The summed E-state index contributed by atoms with van der Waals surface area (Å²) in [4.78, 5) is 24.4. The average molecular weight is 548 g/mol. The zero-order valence-corrected chi connectivity index (χ0v) is 19.8. The lowest BCUT2D eigenvalue weighted by Crippen LogP contribution is -2.41. The Morgan fingerprint density at radius 3 is 2.46 bits per heavy atom. The van der Waals surface area contributed by atoms with Crippen molar-refractivity contribution in [2.24, 2.45) is 0 Å². The number of hydrogen-bond donors (Lipinski definition) is 0. The highest BCUT2D eigenvalue weighted by Crippen LogP contribution is 2.37. The molecular formula is C20H17F5N6O5S. The summed E-state index contributed by atoms with van der Waals surface area (Å²) >= 11 is 0. The van der Waals surface area contributed by atoms with E-state index in [9.17, 15) is 35.2 Å². The molecule has 0 aromatic carbocycles. The van der Waals surface area contributed by atoms with E-state index < -0.39 is 45.4 Å². The van der Waals surface area contributed by atoms with Gasteiger partial charge in [-0.05, 0) is 13.0 Å². The van der Waals surface area contributed by atoms with E-state index in [0.717, 1.165) is 16.9 Å².